The Hall–Kier alpha value is -2.30. The van der Waals surface area contributed by atoms with E-state index in [0.29, 0.717) is 72.9 Å². The average Bonchev–Trinajstić information content (AvgIpc) is 3.36. The summed E-state index contributed by atoms with van der Waals surface area (Å²) in [7, 11) is 0. The first-order chi connectivity index (χ1) is 14.9. The Bertz CT molecular complexity index is 1040. The predicted octanol–water partition coefficient (Wildman–Crippen LogP) is 1.61. The van der Waals surface area contributed by atoms with Gasteiger partial charge in [-0.3, -0.25) is 19.0 Å². The van der Waals surface area contributed by atoms with Gasteiger partial charge in [-0.05, 0) is 26.3 Å². The third-order valence-corrected chi connectivity index (χ3v) is 7.35. The van der Waals surface area contributed by atoms with Crippen LogP contribution in [0.5, 0.6) is 0 Å². The average molecular weight is 449 g/mol. The lowest BCUT2D eigenvalue weighted by Gasteiger charge is -2.37. The van der Waals surface area contributed by atoms with Gasteiger partial charge in [0.25, 0.3) is 11.5 Å². The third kappa shape index (κ3) is 3.99. The van der Waals surface area contributed by atoms with Crippen LogP contribution in [0.1, 0.15) is 41.9 Å². The van der Waals surface area contributed by atoms with E-state index in [2.05, 4.69) is 4.98 Å². The second kappa shape index (κ2) is 8.68. The molecule has 0 aliphatic carbocycles. The highest BCUT2D eigenvalue weighted by molar-refractivity contribution is 7.20. The summed E-state index contributed by atoms with van der Waals surface area (Å²) < 4.78 is 12.8. The van der Waals surface area contributed by atoms with Crippen molar-refractivity contribution in [2.75, 3.05) is 39.4 Å². The zero-order chi connectivity index (χ0) is 22.2. The van der Waals surface area contributed by atoms with E-state index >= 15 is 0 Å². The van der Waals surface area contributed by atoms with Gasteiger partial charge in [0, 0.05) is 39.0 Å². The summed E-state index contributed by atoms with van der Waals surface area (Å²) in [6, 6.07) is 0. The maximum atomic E-state index is 13.2. The van der Waals surface area contributed by atoms with Crippen LogP contribution in [0.4, 0.5) is 0 Å². The number of aryl methyl sites for hydroxylation is 1. The molecule has 2 aromatic heterocycles. The Balaban J connectivity index is 1.56. The Morgan fingerprint density at radius 2 is 1.84 bits per heavy atom. The number of nitrogens with zero attached hydrogens (tertiary/aromatic N) is 4. The van der Waals surface area contributed by atoms with E-state index in [1.807, 2.05) is 13.8 Å². The largest absolute Gasteiger partial charge is 0.347 e. The number of piperidine rings is 1. The number of carbonyl (C=O) groups is 2. The van der Waals surface area contributed by atoms with Crippen molar-refractivity contribution in [1.82, 2.24) is 19.4 Å². The first kappa shape index (κ1) is 21.9. The molecule has 2 aliphatic rings. The molecule has 4 heterocycles. The lowest BCUT2D eigenvalue weighted by molar-refractivity contribution is -0.181. The van der Waals surface area contributed by atoms with E-state index in [-0.39, 0.29) is 23.9 Å². The molecule has 0 bridgehead atoms. The maximum Gasteiger partial charge on any atom is 0.264 e. The number of aromatic nitrogens is 2. The van der Waals surface area contributed by atoms with Crippen molar-refractivity contribution in [3.63, 3.8) is 0 Å². The van der Waals surface area contributed by atoms with Gasteiger partial charge in [-0.15, -0.1) is 11.3 Å². The second-order valence-corrected chi connectivity index (χ2v) is 8.88. The Kier molecular flexibility index (Phi) is 6.14. The first-order valence-corrected chi connectivity index (χ1v) is 11.5. The fraction of sp³-hybridized carbons (Fsp3) is 0.619. The number of rotatable bonds is 5. The SMILES string of the molecule is CCN(CC)C(=O)Cn1cnc2sc(C(=O)N3CCC4(CC3)OCCO4)c(C)c2c1=O. The normalized spacial score (nSPS) is 18.1. The molecule has 0 saturated carbocycles. The summed E-state index contributed by atoms with van der Waals surface area (Å²) in [6.45, 7) is 8.98. The summed E-state index contributed by atoms with van der Waals surface area (Å²) in [5.41, 5.74) is 0.337. The molecular weight excluding hydrogens is 420 g/mol. The Morgan fingerprint density at radius 3 is 2.45 bits per heavy atom. The molecule has 10 heteroatoms. The lowest BCUT2D eigenvalue weighted by Crippen LogP contribution is -2.47. The Morgan fingerprint density at radius 1 is 1.19 bits per heavy atom. The van der Waals surface area contributed by atoms with E-state index in [9.17, 15) is 14.4 Å². The van der Waals surface area contributed by atoms with Crippen molar-refractivity contribution in [1.29, 1.82) is 0 Å². The summed E-state index contributed by atoms with van der Waals surface area (Å²) >= 11 is 1.23. The van der Waals surface area contributed by atoms with Gasteiger partial charge < -0.3 is 19.3 Å². The van der Waals surface area contributed by atoms with Gasteiger partial charge in [0.2, 0.25) is 5.91 Å². The highest BCUT2D eigenvalue weighted by atomic mass is 32.1. The quantitative estimate of drug-likeness (QED) is 0.690. The number of likely N-dealkylation sites (tertiary alicyclic amines) is 1. The van der Waals surface area contributed by atoms with E-state index < -0.39 is 5.79 Å². The minimum absolute atomic E-state index is 0.0593. The summed E-state index contributed by atoms with van der Waals surface area (Å²) in [6.07, 6.45) is 2.68. The first-order valence-electron chi connectivity index (χ1n) is 10.7. The van der Waals surface area contributed by atoms with E-state index in [1.54, 1.807) is 16.7 Å². The van der Waals surface area contributed by atoms with Gasteiger partial charge in [-0.1, -0.05) is 0 Å². The number of amides is 2. The lowest BCUT2D eigenvalue weighted by atomic mass is 10.0. The van der Waals surface area contributed by atoms with Gasteiger partial charge in [0.1, 0.15) is 11.4 Å². The number of ether oxygens (including phenoxy) is 2. The molecule has 2 aromatic rings. The molecule has 0 N–H and O–H groups in total. The number of likely N-dealkylation sites (N-methyl/N-ethyl adjacent to an activating group) is 1. The summed E-state index contributed by atoms with van der Waals surface area (Å²) in [5.74, 6) is -0.770. The molecule has 0 radical (unpaired) electrons. The summed E-state index contributed by atoms with van der Waals surface area (Å²) in [5, 5.41) is 0.416. The number of hydrogen-bond acceptors (Lipinski definition) is 7. The topological polar surface area (TPSA) is 94.0 Å². The molecule has 2 aliphatic heterocycles. The van der Waals surface area contributed by atoms with Gasteiger partial charge in [-0.2, -0.15) is 0 Å². The van der Waals surface area contributed by atoms with Gasteiger partial charge in [-0.25, -0.2) is 4.98 Å². The van der Waals surface area contributed by atoms with Crippen LogP contribution in [0.15, 0.2) is 11.1 Å². The molecule has 4 rings (SSSR count). The fourth-order valence-electron chi connectivity index (χ4n) is 4.28. The minimum Gasteiger partial charge on any atom is -0.347 e. The second-order valence-electron chi connectivity index (χ2n) is 7.88. The predicted molar refractivity (Wildman–Crippen MR) is 116 cm³/mol. The zero-order valence-electron chi connectivity index (χ0n) is 18.2. The van der Waals surface area contributed by atoms with Crippen molar-refractivity contribution < 1.29 is 19.1 Å². The molecule has 1 spiro atoms. The standard InChI is InChI=1S/C21H28N4O5S/c1-4-23(5-2)15(26)12-25-13-22-18-16(19(25)27)14(3)17(31-18)20(28)24-8-6-21(7-9-24)29-10-11-30-21/h13H,4-12H2,1-3H3. The Labute approximate surface area is 184 Å². The number of thiophene rings is 1. The molecule has 9 nitrogen and oxygen atoms in total. The van der Waals surface area contributed by atoms with Crippen LogP contribution < -0.4 is 5.56 Å². The van der Waals surface area contributed by atoms with Crippen molar-refractivity contribution in [3.05, 3.63) is 27.1 Å². The molecule has 2 saturated heterocycles. The minimum atomic E-state index is -0.543. The third-order valence-electron chi connectivity index (χ3n) is 6.16. The van der Waals surface area contributed by atoms with Crippen LogP contribution in [0.3, 0.4) is 0 Å². The number of fused-ring (bicyclic) bond motifs is 1. The van der Waals surface area contributed by atoms with Crippen LogP contribution in [-0.2, 0) is 20.8 Å². The van der Waals surface area contributed by atoms with Gasteiger partial charge in [0.05, 0.1) is 29.8 Å². The monoisotopic (exact) mass is 448 g/mol. The molecule has 2 amide bonds. The van der Waals surface area contributed by atoms with E-state index in [0.717, 1.165) is 0 Å². The van der Waals surface area contributed by atoms with Crippen LogP contribution in [0.25, 0.3) is 10.2 Å². The zero-order valence-corrected chi connectivity index (χ0v) is 19.0. The highest BCUT2D eigenvalue weighted by Crippen LogP contribution is 2.33. The van der Waals surface area contributed by atoms with Crippen molar-refractivity contribution in [2.24, 2.45) is 0 Å². The molecule has 31 heavy (non-hydrogen) atoms. The molecular formula is C21H28N4O5S. The van der Waals surface area contributed by atoms with Crippen LogP contribution >= 0.6 is 11.3 Å². The molecule has 0 unspecified atom stereocenters. The van der Waals surface area contributed by atoms with Gasteiger partial charge in [0.15, 0.2) is 5.79 Å². The molecule has 2 fully saturated rings. The van der Waals surface area contributed by atoms with Crippen molar-refractivity contribution in [3.8, 4) is 0 Å². The van der Waals surface area contributed by atoms with Crippen molar-refractivity contribution in [2.45, 2.75) is 45.9 Å². The molecule has 0 atom stereocenters. The van der Waals surface area contributed by atoms with E-state index in [4.69, 9.17) is 9.47 Å². The van der Waals surface area contributed by atoms with Crippen LogP contribution in [0, 0.1) is 6.92 Å². The number of carbonyl (C=O) groups excluding carboxylic acids is 2. The van der Waals surface area contributed by atoms with Crippen LogP contribution in [0.2, 0.25) is 0 Å². The fourth-order valence-corrected chi connectivity index (χ4v) is 5.38. The number of hydrogen-bond donors (Lipinski definition) is 0. The van der Waals surface area contributed by atoms with Gasteiger partial charge >= 0.3 is 0 Å². The molecule has 168 valence electrons. The van der Waals surface area contributed by atoms with Crippen molar-refractivity contribution >= 4 is 33.4 Å². The van der Waals surface area contributed by atoms with E-state index in [1.165, 1.54) is 22.2 Å². The molecule has 0 aromatic carbocycles. The maximum absolute atomic E-state index is 13.2. The summed E-state index contributed by atoms with van der Waals surface area (Å²) in [4.78, 5) is 47.6. The van der Waals surface area contributed by atoms with Crippen LogP contribution in [-0.4, -0.2) is 76.3 Å². The smallest absolute Gasteiger partial charge is 0.264 e. The highest BCUT2D eigenvalue weighted by Gasteiger charge is 2.41.